The normalized spacial score (nSPS) is 12.6. The summed E-state index contributed by atoms with van der Waals surface area (Å²) in [7, 11) is -4.75. The van der Waals surface area contributed by atoms with E-state index < -0.39 is 28.4 Å². The van der Waals surface area contributed by atoms with Gasteiger partial charge in [0.15, 0.2) is 29.4 Å². The van der Waals surface area contributed by atoms with Crippen molar-refractivity contribution in [1.82, 2.24) is 5.32 Å². The molecule has 1 aliphatic carbocycles. The minimum Gasteiger partial charge on any atom is -0.748 e. The van der Waals surface area contributed by atoms with Crippen LogP contribution in [0.15, 0.2) is 211 Å². The fraction of sp³-hybridized carbons (Fsp3) is 0.178. The van der Waals surface area contributed by atoms with Gasteiger partial charge in [-0.1, -0.05) is 128 Å². The molecule has 6 aromatic rings. The Labute approximate surface area is 335 Å². The lowest BCUT2D eigenvalue weighted by Crippen LogP contribution is -2.43. The van der Waals surface area contributed by atoms with Crippen LogP contribution in [0.25, 0.3) is 0 Å². The predicted molar refractivity (Wildman–Crippen MR) is 219 cm³/mol. The molecule has 56 heavy (non-hydrogen) atoms. The summed E-state index contributed by atoms with van der Waals surface area (Å²) >= 11 is 0. The Hall–Kier alpha value is -4.94. The summed E-state index contributed by atoms with van der Waals surface area (Å²) in [5, 5.41) is 12.4. The Morgan fingerprint density at radius 3 is 0.964 bits per heavy atom. The van der Waals surface area contributed by atoms with Gasteiger partial charge in [-0.2, -0.15) is 0 Å². The van der Waals surface area contributed by atoms with E-state index in [0.717, 1.165) is 25.7 Å². The number of carbonyl (C=O) groups is 1. The summed E-state index contributed by atoms with van der Waals surface area (Å²) in [5.41, 5.74) is 0. The fourth-order valence-electron chi connectivity index (χ4n) is 5.72. The van der Waals surface area contributed by atoms with Crippen LogP contribution in [0.3, 0.4) is 0 Å². The minimum absolute atomic E-state index is 0.0146. The number of halogens is 2. The number of alkyl halides is 2. The van der Waals surface area contributed by atoms with Crippen LogP contribution in [0.2, 0.25) is 0 Å². The van der Waals surface area contributed by atoms with E-state index in [1.54, 1.807) is 0 Å². The van der Waals surface area contributed by atoms with Gasteiger partial charge < -0.3 is 19.8 Å². The molecule has 1 fully saturated rings. The molecular formula is C45H45F2NO5S3. The first-order valence-corrected chi connectivity index (χ1v) is 22.1. The van der Waals surface area contributed by atoms with Crippen LogP contribution < -0.4 is 10.4 Å². The number of rotatable bonds is 9. The Morgan fingerprint density at radius 1 is 0.536 bits per heavy atom. The Kier molecular flexibility index (Phi) is 18.7. The van der Waals surface area contributed by atoms with E-state index in [9.17, 15) is 31.7 Å². The average Bonchev–Trinajstić information content (AvgIpc) is 3.21. The van der Waals surface area contributed by atoms with Crippen LogP contribution in [0, 0.1) is 0 Å². The van der Waals surface area contributed by atoms with Crippen molar-refractivity contribution in [3.63, 3.8) is 0 Å². The topological polar surface area (TPSA) is 109 Å². The SMILES string of the molecule is O=C([O-])NC1CCCCC1.O=S(=O)([O-])CC(F)F.c1ccc([S+](c2ccccc2)c2ccccc2)cc1.c1ccc([S+](c2ccccc2)c2ccccc2)cc1. The molecule has 0 heterocycles. The maximum atomic E-state index is 11.0. The predicted octanol–water partition coefficient (Wildman–Crippen LogP) is 9.61. The van der Waals surface area contributed by atoms with E-state index in [2.05, 4.69) is 187 Å². The first kappa shape index (κ1) is 43.8. The number of nitrogens with one attached hydrogen (secondary N) is 1. The van der Waals surface area contributed by atoms with Crippen LogP contribution in [0.1, 0.15) is 32.1 Å². The van der Waals surface area contributed by atoms with E-state index in [0.29, 0.717) is 0 Å². The first-order chi connectivity index (χ1) is 27.1. The van der Waals surface area contributed by atoms with E-state index in [1.807, 2.05) is 0 Å². The number of hydrogen-bond donors (Lipinski definition) is 1. The summed E-state index contributed by atoms with van der Waals surface area (Å²) in [5.74, 6) is -1.59. The van der Waals surface area contributed by atoms with Gasteiger partial charge in [-0.05, 0) is 85.6 Å². The van der Waals surface area contributed by atoms with E-state index in [4.69, 9.17) is 0 Å². The zero-order valence-corrected chi connectivity index (χ0v) is 33.2. The molecule has 0 aromatic heterocycles. The van der Waals surface area contributed by atoms with Crippen LogP contribution in [0.5, 0.6) is 0 Å². The van der Waals surface area contributed by atoms with Crippen LogP contribution in [-0.2, 0) is 31.9 Å². The van der Waals surface area contributed by atoms with Gasteiger partial charge in [0.05, 0.1) is 27.5 Å². The van der Waals surface area contributed by atoms with Gasteiger partial charge in [0.2, 0.25) is 0 Å². The summed E-state index contributed by atoms with van der Waals surface area (Å²) in [4.78, 5) is 18.2. The summed E-state index contributed by atoms with van der Waals surface area (Å²) in [6.45, 7) is 0. The Morgan fingerprint density at radius 2 is 0.786 bits per heavy atom. The molecule has 0 spiro atoms. The smallest absolute Gasteiger partial charge is 0.251 e. The zero-order valence-electron chi connectivity index (χ0n) is 30.7. The monoisotopic (exact) mass is 813 g/mol. The highest BCUT2D eigenvalue weighted by atomic mass is 32.2. The summed E-state index contributed by atoms with van der Waals surface area (Å²) in [6.07, 6.45) is 1.30. The highest BCUT2D eigenvalue weighted by Crippen LogP contribution is 2.31. The largest absolute Gasteiger partial charge is 0.748 e. The third kappa shape index (κ3) is 16.0. The Bertz CT molecular complexity index is 1760. The highest BCUT2D eigenvalue weighted by Gasteiger charge is 2.28. The van der Waals surface area contributed by atoms with Crippen molar-refractivity contribution in [2.24, 2.45) is 0 Å². The molecule has 1 amide bonds. The number of benzene rings is 6. The number of carbonyl (C=O) groups excluding carboxylic acids is 1. The van der Waals surface area contributed by atoms with Crippen molar-refractivity contribution >= 4 is 38.0 Å². The molecule has 0 aliphatic heterocycles. The molecule has 0 unspecified atom stereocenters. The van der Waals surface area contributed by atoms with Gasteiger partial charge in [0.25, 0.3) is 6.43 Å². The molecule has 6 nitrogen and oxygen atoms in total. The number of amides is 1. The minimum atomic E-state index is -4.72. The second kappa shape index (κ2) is 23.9. The molecule has 7 rings (SSSR count). The molecule has 0 bridgehead atoms. The van der Waals surface area contributed by atoms with Gasteiger partial charge in [0.1, 0.15) is 16.2 Å². The summed E-state index contributed by atoms with van der Waals surface area (Å²) in [6, 6.07) is 64.5. The number of hydrogen-bond acceptors (Lipinski definition) is 5. The molecule has 0 radical (unpaired) electrons. The highest BCUT2D eigenvalue weighted by molar-refractivity contribution is 7.97. The fourth-order valence-corrected chi connectivity index (χ4v) is 10.2. The first-order valence-electron chi connectivity index (χ1n) is 18.1. The molecule has 0 saturated heterocycles. The number of carboxylic acid groups (broad SMARTS) is 1. The third-order valence-electron chi connectivity index (χ3n) is 8.13. The van der Waals surface area contributed by atoms with Crippen molar-refractivity contribution in [1.29, 1.82) is 0 Å². The second-order valence-electron chi connectivity index (χ2n) is 12.4. The maximum absolute atomic E-state index is 11.0. The lowest BCUT2D eigenvalue weighted by Gasteiger charge is -2.23. The van der Waals surface area contributed by atoms with Crippen molar-refractivity contribution in [2.45, 2.75) is 73.9 Å². The lowest BCUT2D eigenvalue weighted by atomic mass is 9.96. The van der Waals surface area contributed by atoms with Crippen LogP contribution >= 0.6 is 0 Å². The molecular weight excluding hydrogens is 769 g/mol. The van der Waals surface area contributed by atoms with Crippen molar-refractivity contribution in [3.05, 3.63) is 182 Å². The molecule has 6 aromatic carbocycles. The molecule has 292 valence electrons. The second-order valence-corrected chi connectivity index (χ2v) is 17.9. The zero-order chi connectivity index (χ0) is 40.0. The molecule has 1 N–H and O–H groups in total. The van der Waals surface area contributed by atoms with E-state index in [-0.39, 0.29) is 27.8 Å². The average molecular weight is 814 g/mol. The van der Waals surface area contributed by atoms with Gasteiger partial charge in [-0.25, -0.2) is 17.2 Å². The molecule has 1 saturated carbocycles. The lowest BCUT2D eigenvalue weighted by molar-refractivity contribution is -0.251. The van der Waals surface area contributed by atoms with E-state index in [1.165, 1.54) is 35.8 Å². The molecule has 0 atom stereocenters. The van der Waals surface area contributed by atoms with Gasteiger partial charge in [-0.15, -0.1) is 0 Å². The summed E-state index contributed by atoms with van der Waals surface area (Å²) < 4.78 is 50.1. The van der Waals surface area contributed by atoms with Gasteiger partial charge >= 0.3 is 0 Å². The van der Waals surface area contributed by atoms with Gasteiger partial charge in [-0.3, -0.25) is 0 Å². The van der Waals surface area contributed by atoms with Crippen LogP contribution in [0.4, 0.5) is 13.6 Å². The molecule has 1 aliphatic rings. The Balaban J connectivity index is 0.000000177. The third-order valence-corrected chi connectivity index (χ3v) is 13.3. The van der Waals surface area contributed by atoms with Crippen molar-refractivity contribution in [3.8, 4) is 0 Å². The van der Waals surface area contributed by atoms with Crippen molar-refractivity contribution < 1.29 is 31.7 Å². The maximum Gasteiger partial charge on any atom is 0.251 e. The quantitative estimate of drug-likeness (QED) is 0.116. The standard InChI is InChI=1S/2C18H15S.C7H13NO2.C2H4F2O3S/c2*1-4-10-16(11-5-1)19(17-12-6-2-7-13-17)18-14-8-3-9-15-18;9-7(10)8-6-4-2-1-3-5-6;3-2(4)1-8(5,6)7/h2*1-15H;6,8H,1-5H2,(H,9,10);2H,1H2,(H,5,6,7)/q2*+1;;/p-2. The van der Waals surface area contributed by atoms with Crippen molar-refractivity contribution in [2.75, 3.05) is 5.75 Å². The van der Waals surface area contributed by atoms with Gasteiger partial charge in [0, 0.05) is 6.04 Å². The van der Waals surface area contributed by atoms with E-state index >= 15 is 0 Å². The molecule has 11 heteroatoms. The van der Waals surface area contributed by atoms with Crippen LogP contribution in [-0.4, -0.2) is 37.3 Å².